The Morgan fingerprint density at radius 3 is 2.37 bits per heavy atom. The molecule has 0 aliphatic carbocycles. The number of hydrogen-bond donors (Lipinski definition) is 1. The number of hydrogen-bond acceptors (Lipinski definition) is 3. The van der Waals surface area contributed by atoms with Gasteiger partial charge in [0, 0.05) is 13.1 Å². The van der Waals surface area contributed by atoms with Gasteiger partial charge in [0.2, 0.25) is 0 Å². The normalized spacial score (nSPS) is 25.3. The second-order valence-electron chi connectivity index (χ2n) is 6.95. The second kappa shape index (κ2) is 6.60. The first kappa shape index (κ1) is 16.3. The van der Waals surface area contributed by atoms with Crippen LogP contribution in [-0.4, -0.2) is 36.2 Å². The minimum atomic E-state index is -0.423. The van der Waals surface area contributed by atoms with Crippen LogP contribution in [0.15, 0.2) is 0 Å². The van der Waals surface area contributed by atoms with E-state index in [1.165, 1.54) is 0 Å². The third-order valence-electron chi connectivity index (χ3n) is 3.92. The summed E-state index contributed by atoms with van der Waals surface area (Å²) in [6.45, 7) is 12.5. The lowest BCUT2D eigenvalue weighted by Crippen LogP contribution is -2.37. The molecule has 1 rings (SSSR count). The fourth-order valence-corrected chi connectivity index (χ4v) is 2.87. The molecule has 0 aromatic rings. The molecule has 2 N–H and O–H groups in total. The standard InChI is InChI=1S/C15H30N2O2/c1-11(2)13-7-9-17(8-6-12(13)10-16)14(18)19-15(3,4)5/h11-13H,6-10,16H2,1-5H3. The van der Waals surface area contributed by atoms with Crippen LogP contribution in [0.1, 0.15) is 47.5 Å². The van der Waals surface area contributed by atoms with Crippen molar-refractivity contribution in [3.63, 3.8) is 0 Å². The third kappa shape index (κ3) is 5.01. The summed E-state index contributed by atoms with van der Waals surface area (Å²) < 4.78 is 5.45. The first-order chi connectivity index (χ1) is 8.74. The van der Waals surface area contributed by atoms with Gasteiger partial charge in [0.25, 0.3) is 0 Å². The lowest BCUT2D eigenvalue weighted by atomic mass is 9.80. The first-order valence-electron chi connectivity index (χ1n) is 7.42. The van der Waals surface area contributed by atoms with Crippen molar-refractivity contribution >= 4 is 6.09 Å². The molecule has 0 aromatic heterocycles. The number of carbonyl (C=O) groups excluding carboxylic acids is 1. The lowest BCUT2D eigenvalue weighted by molar-refractivity contribution is 0.0253. The van der Waals surface area contributed by atoms with Crippen molar-refractivity contribution in [2.45, 2.75) is 53.1 Å². The van der Waals surface area contributed by atoms with Crippen molar-refractivity contribution in [3.05, 3.63) is 0 Å². The number of nitrogens with zero attached hydrogens (tertiary/aromatic N) is 1. The van der Waals surface area contributed by atoms with Crippen molar-refractivity contribution in [1.82, 2.24) is 4.90 Å². The molecule has 4 heteroatoms. The molecule has 0 radical (unpaired) electrons. The molecule has 112 valence electrons. The van der Waals surface area contributed by atoms with E-state index in [1.54, 1.807) is 0 Å². The van der Waals surface area contributed by atoms with E-state index >= 15 is 0 Å². The topological polar surface area (TPSA) is 55.6 Å². The molecule has 1 aliphatic rings. The van der Waals surface area contributed by atoms with E-state index in [2.05, 4.69) is 13.8 Å². The monoisotopic (exact) mass is 270 g/mol. The first-order valence-corrected chi connectivity index (χ1v) is 7.42. The van der Waals surface area contributed by atoms with E-state index in [0.29, 0.717) is 24.3 Å². The Labute approximate surface area is 117 Å². The van der Waals surface area contributed by atoms with Crippen LogP contribution >= 0.6 is 0 Å². The highest BCUT2D eigenvalue weighted by Gasteiger charge is 2.30. The highest BCUT2D eigenvalue weighted by atomic mass is 16.6. The summed E-state index contributed by atoms with van der Waals surface area (Å²) in [6.07, 6.45) is 1.82. The van der Waals surface area contributed by atoms with Crippen molar-refractivity contribution in [2.75, 3.05) is 19.6 Å². The van der Waals surface area contributed by atoms with Gasteiger partial charge in [-0.1, -0.05) is 13.8 Å². The molecule has 0 aromatic carbocycles. The highest BCUT2D eigenvalue weighted by molar-refractivity contribution is 5.68. The molecular weight excluding hydrogens is 240 g/mol. The summed E-state index contributed by atoms with van der Waals surface area (Å²) >= 11 is 0. The van der Waals surface area contributed by atoms with E-state index in [-0.39, 0.29) is 6.09 Å². The van der Waals surface area contributed by atoms with Gasteiger partial charge in [-0.25, -0.2) is 4.79 Å². The molecule has 4 nitrogen and oxygen atoms in total. The van der Waals surface area contributed by atoms with E-state index in [0.717, 1.165) is 25.9 Å². The summed E-state index contributed by atoms with van der Waals surface area (Å²) in [7, 11) is 0. The van der Waals surface area contributed by atoms with Crippen LogP contribution in [0.5, 0.6) is 0 Å². The average molecular weight is 270 g/mol. The zero-order valence-electron chi connectivity index (χ0n) is 13.1. The van der Waals surface area contributed by atoms with Crippen LogP contribution in [0.2, 0.25) is 0 Å². The molecule has 0 saturated carbocycles. The lowest BCUT2D eigenvalue weighted by Gasteiger charge is -2.27. The van der Waals surface area contributed by atoms with Gasteiger partial charge in [0.15, 0.2) is 0 Å². The fourth-order valence-electron chi connectivity index (χ4n) is 2.87. The predicted molar refractivity (Wildman–Crippen MR) is 77.9 cm³/mol. The zero-order valence-corrected chi connectivity index (χ0v) is 13.1. The summed E-state index contributed by atoms with van der Waals surface area (Å²) in [5.74, 6) is 1.75. The van der Waals surface area contributed by atoms with E-state index in [9.17, 15) is 4.79 Å². The maximum atomic E-state index is 12.1. The fraction of sp³-hybridized carbons (Fsp3) is 0.933. The van der Waals surface area contributed by atoms with Crippen LogP contribution in [0.25, 0.3) is 0 Å². The number of rotatable bonds is 2. The molecule has 2 unspecified atom stereocenters. The van der Waals surface area contributed by atoms with Crippen LogP contribution in [-0.2, 0) is 4.74 Å². The Hall–Kier alpha value is -0.770. The molecular formula is C15H30N2O2. The number of amides is 1. The summed E-state index contributed by atoms with van der Waals surface area (Å²) in [4.78, 5) is 14.0. The SMILES string of the molecule is CC(C)C1CCN(C(=O)OC(C)(C)C)CCC1CN. The number of likely N-dealkylation sites (tertiary alicyclic amines) is 1. The maximum absolute atomic E-state index is 12.1. The predicted octanol–water partition coefficient (Wildman–Crippen LogP) is 2.86. The Kier molecular flexibility index (Phi) is 5.65. The van der Waals surface area contributed by atoms with Crippen molar-refractivity contribution in [1.29, 1.82) is 0 Å². The Balaban J connectivity index is 2.64. The van der Waals surface area contributed by atoms with Crippen molar-refractivity contribution in [3.8, 4) is 0 Å². The molecule has 1 fully saturated rings. The maximum Gasteiger partial charge on any atom is 0.410 e. The van der Waals surface area contributed by atoms with Gasteiger partial charge >= 0.3 is 6.09 Å². The summed E-state index contributed by atoms with van der Waals surface area (Å²) in [6, 6.07) is 0. The minimum Gasteiger partial charge on any atom is -0.444 e. The molecule has 19 heavy (non-hydrogen) atoms. The Morgan fingerprint density at radius 2 is 1.89 bits per heavy atom. The smallest absolute Gasteiger partial charge is 0.410 e. The highest BCUT2D eigenvalue weighted by Crippen LogP contribution is 2.30. The molecule has 1 aliphatic heterocycles. The van der Waals surface area contributed by atoms with Gasteiger partial charge in [-0.05, 0) is 57.9 Å². The molecule has 1 amide bonds. The Morgan fingerprint density at radius 1 is 1.32 bits per heavy atom. The van der Waals surface area contributed by atoms with E-state index in [1.807, 2.05) is 25.7 Å². The van der Waals surface area contributed by atoms with Crippen molar-refractivity contribution in [2.24, 2.45) is 23.5 Å². The summed E-state index contributed by atoms with van der Waals surface area (Å²) in [5.41, 5.74) is 5.47. The molecule has 0 bridgehead atoms. The minimum absolute atomic E-state index is 0.187. The van der Waals surface area contributed by atoms with Gasteiger partial charge in [-0.2, -0.15) is 0 Å². The van der Waals surface area contributed by atoms with Crippen LogP contribution in [0, 0.1) is 17.8 Å². The van der Waals surface area contributed by atoms with Gasteiger partial charge in [-0.3, -0.25) is 0 Å². The van der Waals surface area contributed by atoms with Crippen LogP contribution in [0.3, 0.4) is 0 Å². The van der Waals surface area contributed by atoms with E-state index in [4.69, 9.17) is 10.5 Å². The van der Waals surface area contributed by atoms with Gasteiger partial charge in [0.05, 0.1) is 0 Å². The number of carbonyl (C=O) groups is 1. The largest absolute Gasteiger partial charge is 0.444 e. The quantitative estimate of drug-likeness (QED) is 0.839. The zero-order chi connectivity index (χ0) is 14.6. The average Bonchev–Trinajstić information content (AvgIpc) is 2.48. The molecule has 1 saturated heterocycles. The van der Waals surface area contributed by atoms with E-state index < -0.39 is 5.60 Å². The number of ether oxygens (including phenoxy) is 1. The molecule has 2 atom stereocenters. The van der Waals surface area contributed by atoms with Gasteiger partial charge < -0.3 is 15.4 Å². The third-order valence-corrected chi connectivity index (χ3v) is 3.92. The second-order valence-corrected chi connectivity index (χ2v) is 6.95. The Bertz CT molecular complexity index is 297. The van der Waals surface area contributed by atoms with Crippen LogP contribution in [0.4, 0.5) is 4.79 Å². The van der Waals surface area contributed by atoms with Gasteiger partial charge in [-0.15, -0.1) is 0 Å². The molecule has 1 heterocycles. The van der Waals surface area contributed by atoms with Gasteiger partial charge in [0.1, 0.15) is 5.60 Å². The molecule has 0 spiro atoms. The van der Waals surface area contributed by atoms with Crippen molar-refractivity contribution < 1.29 is 9.53 Å². The number of nitrogens with two attached hydrogens (primary N) is 1. The van der Waals surface area contributed by atoms with Crippen LogP contribution < -0.4 is 5.73 Å². The summed E-state index contributed by atoms with van der Waals surface area (Å²) in [5, 5.41) is 0.